The van der Waals surface area contributed by atoms with Crippen LogP contribution in [0.2, 0.25) is 10.0 Å². The fourth-order valence-electron chi connectivity index (χ4n) is 3.70. The third-order valence-corrected chi connectivity index (χ3v) is 6.19. The molecule has 0 fully saturated rings. The second kappa shape index (κ2) is 10.4. The molecule has 8 heteroatoms. The van der Waals surface area contributed by atoms with Crippen LogP contribution in [0.4, 0.5) is 5.69 Å². The SMILES string of the molecule is CCCOc1ccc(/N=c2\n(C)c3cc(Cl)c(Cl)cc3n2Cc2ccc(C(=O)OC)cc2)cc1. The minimum atomic E-state index is -0.368. The summed E-state index contributed by atoms with van der Waals surface area (Å²) in [4.78, 5) is 16.7. The maximum absolute atomic E-state index is 11.8. The predicted molar refractivity (Wildman–Crippen MR) is 135 cm³/mol. The summed E-state index contributed by atoms with van der Waals surface area (Å²) < 4.78 is 14.5. The number of hydrogen-bond acceptors (Lipinski definition) is 4. The number of halogens is 2. The highest BCUT2D eigenvalue weighted by Crippen LogP contribution is 2.28. The van der Waals surface area contributed by atoms with E-state index in [2.05, 4.69) is 11.5 Å². The second-order valence-electron chi connectivity index (χ2n) is 7.84. The minimum Gasteiger partial charge on any atom is -0.494 e. The molecule has 0 amide bonds. The van der Waals surface area contributed by atoms with E-state index in [1.54, 1.807) is 12.1 Å². The molecule has 34 heavy (non-hydrogen) atoms. The van der Waals surface area contributed by atoms with Crippen molar-refractivity contribution in [1.29, 1.82) is 0 Å². The normalized spacial score (nSPS) is 11.7. The van der Waals surface area contributed by atoms with Crippen LogP contribution < -0.4 is 10.4 Å². The summed E-state index contributed by atoms with van der Waals surface area (Å²) in [6.07, 6.45) is 0.952. The molecule has 0 saturated carbocycles. The van der Waals surface area contributed by atoms with Gasteiger partial charge in [-0.2, -0.15) is 0 Å². The lowest BCUT2D eigenvalue weighted by Crippen LogP contribution is -2.24. The molecule has 1 heterocycles. The van der Waals surface area contributed by atoms with E-state index in [4.69, 9.17) is 37.7 Å². The van der Waals surface area contributed by atoms with E-state index in [1.807, 2.05) is 60.1 Å². The van der Waals surface area contributed by atoms with Gasteiger partial charge in [-0.1, -0.05) is 42.3 Å². The average Bonchev–Trinajstić information content (AvgIpc) is 3.09. The van der Waals surface area contributed by atoms with Gasteiger partial charge in [0.2, 0.25) is 5.62 Å². The zero-order valence-electron chi connectivity index (χ0n) is 19.2. The van der Waals surface area contributed by atoms with Crippen molar-refractivity contribution < 1.29 is 14.3 Å². The smallest absolute Gasteiger partial charge is 0.337 e. The summed E-state index contributed by atoms with van der Waals surface area (Å²) >= 11 is 12.7. The minimum absolute atomic E-state index is 0.368. The summed E-state index contributed by atoms with van der Waals surface area (Å²) in [5, 5.41) is 0.951. The molecule has 0 N–H and O–H groups in total. The van der Waals surface area contributed by atoms with E-state index in [0.717, 1.165) is 40.1 Å². The van der Waals surface area contributed by atoms with Gasteiger partial charge in [0.05, 0.1) is 52.6 Å². The van der Waals surface area contributed by atoms with Gasteiger partial charge in [-0.05, 0) is 60.5 Å². The zero-order valence-corrected chi connectivity index (χ0v) is 20.7. The van der Waals surface area contributed by atoms with Crippen molar-refractivity contribution in [2.75, 3.05) is 13.7 Å². The van der Waals surface area contributed by atoms with Gasteiger partial charge >= 0.3 is 5.97 Å². The first-order valence-electron chi connectivity index (χ1n) is 10.9. The van der Waals surface area contributed by atoms with Gasteiger partial charge in [0.15, 0.2) is 0 Å². The van der Waals surface area contributed by atoms with Gasteiger partial charge in [-0.15, -0.1) is 0 Å². The highest BCUT2D eigenvalue weighted by molar-refractivity contribution is 6.42. The van der Waals surface area contributed by atoms with Crippen molar-refractivity contribution in [3.8, 4) is 5.75 Å². The molecule has 0 unspecified atom stereocenters. The van der Waals surface area contributed by atoms with Crippen LogP contribution in [0.15, 0.2) is 65.7 Å². The number of aromatic nitrogens is 2. The lowest BCUT2D eigenvalue weighted by molar-refractivity contribution is 0.0600. The van der Waals surface area contributed by atoms with E-state index in [9.17, 15) is 4.79 Å². The monoisotopic (exact) mass is 497 g/mol. The molecular formula is C26H25Cl2N3O3. The van der Waals surface area contributed by atoms with Crippen LogP contribution in [-0.4, -0.2) is 28.8 Å². The Morgan fingerprint density at radius 3 is 2.24 bits per heavy atom. The van der Waals surface area contributed by atoms with Gasteiger partial charge in [-0.3, -0.25) is 0 Å². The molecule has 0 atom stereocenters. The number of imidazole rings is 1. The second-order valence-corrected chi connectivity index (χ2v) is 8.66. The van der Waals surface area contributed by atoms with Crippen molar-refractivity contribution in [3.63, 3.8) is 0 Å². The molecule has 0 aliphatic rings. The summed E-state index contributed by atoms with van der Waals surface area (Å²) in [6.45, 7) is 3.27. The molecule has 0 aliphatic heterocycles. The Labute approximate surface area is 208 Å². The topological polar surface area (TPSA) is 57.8 Å². The summed E-state index contributed by atoms with van der Waals surface area (Å²) in [5.74, 6) is 0.447. The number of nitrogens with zero attached hydrogens (tertiary/aromatic N) is 3. The third-order valence-electron chi connectivity index (χ3n) is 5.47. The highest BCUT2D eigenvalue weighted by atomic mass is 35.5. The number of hydrogen-bond donors (Lipinski definition) is 0. The van der Waals surface area contributed by atoms with Crippen molar-refractivity contribution in [2.45, 2.75) is 19.9 Å². The number of fused-ring (bicyclic) bond motifs is 1. The number of carbonyl (C=O) groups is 1. The zero-order chi connectivity index (χ0) is 24.2. The molecule has 0 radical (unpaired) electrons. The van der Waals surface area contributed by atoms with Crippen molar-refractivity contribution >= 4 is 45.9 Å². The Balaban J connectivity index is 1.81. The number of ether oxygens (including phenoxy) is 2. The summed E-state index contributed by atoms with van der Waals surface area (Å²) in [6, 6.07) is 18.7. The van der Waals surface area contributed by atoms with Crippen LogP contribution in [0.3, 0.4) is 0 Å². The molecule has 4 rings (SSSR count). The Morgan fingerprint density at radius 1 is 0.971 bits per heavy atom. The number of methoxy groups -OCH3 is 1. The summed E-state index contributed by atoms with van der Waals surface area (Å²) in [7, 11) is 3.31. The van der Waals surface area contributed by atoms with E-state index >= 15 is 0 Å². The van der Waals surface area contributed by atoms with E-state index in [1.165, 1.54) is 7.11 Å². The first kappa shape index (κ1) is 23.9. The summed E-state index contributed by atoms with van der Waals surface area (Å²) in [5.41, 5.74) is 4.82. The molecule has 4 aromatic rings. The number of benzene rings is 3. The van der Waals surface area contributed by atoms with Crippen LogP contribution >= 0.6 is 23.2 Å². The van der Waals surface area contributed by atoms with E-state index in [0.29, 0.717) is 28.8 Å². The quantitative estimate of drug-likeness (QED) is 0.288. The molecule has 0 bridgehead atoms. The number of esters is 1. The predicted octanol–water partition coefficient (Wildman–Crippen LogP) is 6.14. The molecule has 6 nitrogen and oxygen atoms in total. The maximum atomic E-state index is 11.8. The molecule has 3 aromatic carbocycles. The molecule has 0 aliphatic carbocycles. The first-order chi connectivity index (χ1) is 16.4. The fourth-order valence-corrected chi connectivity index (χ4v) is 4.01. The maximum Gasteiger partial charge on any atom is 0.337 e. The Hall–Kier alpha value is -3.22. The fraction of sp³-hybridized carbons (Fsp3) is 0.231. The van der Waals surface area contributed by atoms with Crippen LogP contribution in [0, 0.1) is 0 Å². The largest absolute Gasteiger partial charge is 0.494 e. The van der Waals surface area contributed by atoms with Crippen LogP contribution in [0.25, 0.3) is 11.0 Å². The Bertz CT molecular complexity index is 1390. The third kappa shape index (κ3) is 4.98. The van der Waals surface area contributed by atoms with Crippen molar-refractivity contribution in [2.24, 2.45) is 12.0 Å². The Kier molecular flexibility index (Phi) is 7.29. The van der Waals surface area contributed by atoms with Crippen LogP contribution in [-0.2, 0) is 18.3 Å². The van der Waals surface area contributed by atoms with E-state index < -0.39 is 0 Å². The molecule has 0 saturated heterocycles. The lowest BCUT2D eigenvalue weighted by Gasteiger charge is -2.08. The van der Waals surface area contributed by atoms with Crippen molar-refractivity contribution in [3.05, 3.63) is 87.5 Å². The van der Waals surface area contributed by atoms with Gasteiger partial charge in [0.25, 0.3) is 0 Å². The molecule has 0 spiro atoms. The number of carbonyl (C=O) groups excluding carboxylic acids is 1. The van der Waals surface area contributed by atoms with Crippen LogP contribution in [0.1, 0.15) is 29.3 Å². The molecule has 1 aromatic heterocycles. The number of aryl methyl sites for hydroxylation is 1. The van der Waals surface area contributed by atoms with Gasteiger partial charge < -0.3 is 18.6 Å². The molecule has 176 valence electrons. The van der Waals surface area contributed by atoms with Gasteiger partial charge in [0, 0.05) is 7.05 Å². The standard InChI is InChI=1S/C26H25Cl2N3O3/c1-4-13-34-20-11-9-19(10-12-20)29-26-30(2)23-14-21(27)22(28)15-24(23)31(26)16-17-5-7-18(8-6-17)25(32)33-3/h5-12,14-15H,4,13,16H2,1-3H3/b29-26+. The van der Waals surface area contributed by atoms with Gasteiger partial charge in [-0.25, -0.2) is 9.79 Å². The highest BCUT2D eigenvalue weighted by Gasteiger charge is 2.14. The van der Waals surface area contributed by atoms with Crippen molar-refractivity contribution in [1.82, 2.24) is 9.13 Å². The van der Waals surface area contributed by atoms with Gasteiger partial charge in [0.1, 0.15) is 5.75 Å². The Morgan fingerprint density at radius 2 is 1.62 bits per heavy atom. The first-order valence-corrected chi connectivity index (χ1v) is 11.7. The van der Waals surface area contributed by atoms with Crippen LogP contribution in [0.5, 0.6) is 5.75 Å². The lowest BCUT2D eigenvalue weighted by atomic mass is 10.1. The molecular weight excluding hydrogens is 473 g/mol. The van der Waals surface area contributed by atoms with E-state index in [-0.39, 0.29) is 5.97 Å². The number of rotatable bonds is 7. The average molecular weight is 498 g/mol.